The molecule has 8 heteroatoms. The summed E-state index contributed by atoms with van der Waals surface area (Å²) in [5, 5.41) is 0. The van der Waals surface area contributed by atoms with Crippen molar-refractivity contribution in [3.63, 3.8) is 0 Å². The van der Waals surface area contributed by atoms with Crippen molar-refractivity contribution in [1.82, 2.24) is 9.62 Å². The van der Waals surface area contributed by atoms with Gasteiger partial charge in [-0.3, -0.25) is 4.79 Å². The number of ether oxygens (including phenoxy) is 2. The first-order chi connectivity index (χ1) is 14.4. The van der Waals surface area contributed by atoms with Gasteiger partial charge in [0.25, 0.3) is 0 Å². The Balaban J connectivity index is 1.30. The molecule has 7 nitrogen and oxygen atoms in total. The Morgan fingerprint density at radius 1 is 1.03 bits per heavy atom. The summed E-state index contributed by atoms with van der Waals surface area (Å²) in [6.45, 7) is 0.675. The molecule has 1 aliphatic carbocycles. The molecular formula is C22H26N2O5S. The van der Waals surface area contributed by atoms with Gasteiger partial charge in [0.2, 0.25) is 22.7 Å². The van der Waals surface area contributed by atoms with Crippen LogP contribution in [0.3, 0.4) is 0 Å². The summed E-state index contributed by atoms with van der Waals surface area (Å²) in [6.07, 6.45) is 4.26. The summed E-state index contributed by atoms with van der Waals surface area (Å²) in [4.78, 5) is 14.3. The molecule has 0 spiro atoms. The fourth-order valence-electron chi connectivity index (χ4n) is 3.84. The Bertz CT molecular complexity index is 1050. The highest BCUT2D eigenvalue weighted by Gasteiger charge is 2.19. The van der Waals surface area contributed by atoms with E-state index in [1.54, 1.807) is 24.1 Å². The number of aryl methyl sites for hydroxylation is 2. The van der Waals surface area contributed by atoms with Crippen LogP contribution in [0.5, 0.6) is 11.5 Å². The lowest BCUT2D eigenvalue weighted by molar-refractivity contribution is -0.130. The van der Waals surface area contributed by atoms with Crippen molar-refractivity contribution in [2.45, 2.75) is 43.5 Å². The van der Waals surface area contributed by atoms with Gasteiger partial charge in [-0.1, -0.05) is 12.1 Å². The molecule has 0 saturated carbocycles. The molecule has 1 amide bonds. The predicted octanol–water partition coefficient (Wildman–Crippen LogP) is 2.62. The SMILES string of the molecule is CN(Cc1ccc2c(c1)OCO2)C(=O)CCNS(=O)(=O)c1ccc2c(c1)CCCC2. The summed E-state index contributed by atoms with van der Waals surface area (Å²) in [7, 11) is -1.93. The maximum Gasteiger partial charge on any atom is 0.240 e. The first-order valence-corrected chi connectivity index (χ1v) is 11.6. The third-order valence-electron chi connectivity index (χ3n) is 5.54. The molecule has 1 N–H and O–H groups in total. The normalized spacial score (nSPS) is 15.0. The number of amides is 1. The third kappa shape index (κ3) is 4.60. The Labute approximate surface area is 177 Å². The van der Waals surface area contributed by atoms with Crippen LogP contribution in [0, 0.1) is 0 Å². The van der Waals surface area contributed by atoms with Crippen LogP contribution >= 0.6 is 0 Å². The van der Waals surface area contributed by atoms with Gasteiger partial charge in [-0.2, -0.15) is 0 Å². The van der Waals surface area contributed by atoms with Gasteiger partial charge in [-0.25, -0.2) is 13.1 Å². The molecule has 30 heavy (non-hydrogen) atoms. The number of benzene rings is 2. The van der Waals surface area contributed by atoms with E-state index in [-0.39, 0.29) is 30.6 Å². The van der Waals surface area contributed by atoms with E-state index >= 15 is 0 Å². The number of nitrogens with one attached hydrogen (secondary N) is 1. The smallest absolute Gasteiger partial charge is 0.240 e. The molecule has 0 saturated heterocycles. The first-order valence-electron chi connectivity index (χ1n) is 10.2. The van der Waals surface area contributed by atoms with Gasteiger partial charge in [0.15, 0.2) is 11.5 Å². The van der Waals surface area contributed by atoms with Crippen molar-refractivity contribution in [3.05, 3.63) is 53.1 Å². The molecule has 2 aromatic carbocycles. The number of fused-ring (bicyclic) bond motifs is 2. The zero-order valence-electron chi connectivity index (χ0n) is 17.0. The minimum Gasteiger partial charge on any atom is -0.454 e. The number of carbonyl (C=O) groups excluding carboxylic acids is 1. The average Bonchev–Trinajstić information content (AvgIpc) is 3.21. The molecule has 0 fully saturated rings. The van der Waals surface area contributed by atoms with E-state index < -0.39 is 10.0 Å². The zero-order chi connectivity index (χ0) is 21.1. The molecule has 2 aliphatic rings. The van der Waals surface area contributed by atoms with Gasteiger partial charge in [-0.15, -0.1) is 0 Å². The number of nitrogens with zero attached hydrogens (tertiary/aromatic N) is 1. The molecule has 160 valence electrons. The second-order valence-electron chi connectivity index (χ2n) is 7.72. The highest BCUT2D eigenvalue weighted by atomic mass is 32.2. The van der Waals surface area contributed by atoms with Crippen LogP contribution in [0.4, 0.5) is 0 Å². The van der Waals surface area contributed by atoms with Crippen LogP contribution in [0.1, 0.15) is 36.0 Å². The Kier molecular flexibility index (Phi) is 5.97. The van der Waals surface area contributed by atoms with Crippen LogP contribution in [-0.2, 0) is 34.2 Å². The standard InChI is InChI=1S/C22H26N2O5S/c1-24(14-16-6-9-20-21(12-16)29-15-28-20)22(25)10-11-23-30(26,27)19-8-7-17-4-2-3-5-18(17)13-19/h6-9,12-13,23H,2-5,10-11,14-15H2,1H3. The van der Waals surface area contributed by atoms with Gasteiger partial charge in [0, 0.05) is 26.6 Å². The van der Waals surface area contributed by atoms with Crippen molar-refractivity contribution in [2.75, 3.05) is 20.4 Å². The van der Waals surface area contributed by atoms with Crippen LogP contribution in [0.15, 0.2) is 41.3 Å². The molecule has 0 radical (unpaired) electrons. The van der Waals surface area contributed by atoms with E-state index in [0.29, 0.717) is 18.0 Å². The molecule has 4 rings (SSSR count). The monoisotopic (exact) mass is 430 g/mol. The molecule has 0 unspecified atom stereocenters. The van der Waals surface area contributed by atoms with Gasteiger partial charge in [0.05, 0.1) is 4.90 Å². The van der Waals surface area contributed by atoms with Crippen LogP contribution in [0.2, 0.25) is 0 Å². The number of hydrogen-bond acceptors (Lipinski definition) is 5. The third-order valence-corrected chi connectivity index (χ3v) is 7.00. The van der Waals surface area contributed by atoms with Crippen LogP contribution in [0.25, 0.3) is 0 Å². The number of hydrogen-bond donors (Lipinski definition) is 1. The summed E-state index contributed by atoms with van der Waals surface area (Å²) in [5.74, 6) is 1.23. The highest BCUT2D eigenvalue weighted by Crippen LogP contribution is 2.32. The van der Waals surface area contributed by atoms with Gasteiger partial charge in [-0.05, 0) is 66.6 Å². The van der Waals surface area contributed by atoms with E-state index in [9.17, 15) is 13.2 Å². The maximum absolute atomic E-state index is 12.6. The Morgan fingerprint density at radius 2 is 1.80 bits per heavy atom. The van der Waals surface area contributed by atoms with E-state index in [1.807, 2.05) is 24.3 Å². The predicted molar refractivity (Wildman–Crippen MR) is 112 cm³/mol. The minimum atomic E-state index is -3.63. The van der Waals surface area contributed by atoms with Gasteiger partial charge in [0.1, 0.15) is 0 Å². The fourth-order valence-corrected chi connectivity index (χ4v) is 4.93. The topological polar surface area (TPSA) is 84.9 Å². The molecule has 0 bridgehead atoms. The van der Waals surface area contributed by atoms with Crippen molar-refractivity contribution in [1.29, 1.82) is 0 Å². The summed E-state index contributed by atoms with van der Waals surface area (Å²) in [6, 6.07) is 10.9. The number of carbonyl (C=O) groups is 1. The second-order valence-corrected chi connectivity index (χ2v) is 9.49. The molecule has 1 aliphatic heterocycles. The lowest BCUT2D eigenvalue weighted by atomic mass is 9.92. The largest absolute Gasteiger partial charge is 0.454 e. The van der Waals surface area contributed by atoms with E-state index in [1.165, 1.54) is 5.56 Å². The van der Waals surface area contributed by atoms with E-state index in [0.717, 1.165) is 36.8 Å². The Morgan fingerprint density at radius 3 is 2.63 bits per heavy atom. The van der Waals surface area contributed by atoms with Crippen molar-refractivity contribution in [2.24, 2.45) is 0 Å². The Hall–Kier alpha value is -2.58. The maximum atomic E-state index is 12.6. The quantitative estimate of drug-likeness (QED) is 0.730. The highest BCUT2D eigenvalue weighted by molar-refractivity contribution is 7.89. The molecule has 0 aromatic heterocycles. The van der Waals surface area contributed by atoms with Crippen LogP contribution < -0.4 is 14.2 Å². The lowest BCUT2D eigenvalue weighted by Gasteiger charge is -2.18. The summed E-state index contributed by atoms with van der Waals surface area (Å²) >= 11 is 0. The molecule has 0 atom stereocenters. The van der Waals surface area contributed by atoms with E-state index in [4.69, 9.17) is 9.47 Å². The second kappa shape index (κ2) is 8.65. The summed E-state index contributed by atoms with van der Waals surface area (Å²) < 4.78 is 38.4. The van der Waals surface area contributed by atoms with Gasteiger partial charge < -0.3 is 14.4 Å². The molecular weight excluding hydrogens is 404 g/mol. The minimum absolute atomic E-state index is 0.0593. The van der Waals surface area contributed by atoms with Gasteiger partial charge >= 0.3 is 0 Å². The van der Waals surface area contributed by atoms with Crippen molar-refractivity contribution >= 4 is 15.9 Å². The zero-order valence-corrected chi connectivity index (χ0v) is 17.8. The molecule has 2 aromatic rings. The fraction of sp³-hybridized carbons (Fsp3) is 0.409. The molecule has 1 heterocycles. The average molecular weight is 431 g/mol. The summed E-state index contributed by atoms with van der Waals surface area (Å²) in [5.41, 5.74) is 3.27. The van der Waals surface area contributed by atoms with Crippen molar-refractivity contribution < 1.29 is 22.7 Å². The van der Waals surface area contributed by atoms with E-state index in [2.05, 4.69) is 4.72 Å². The number of sulfonamides is 1. The lowest BCUT2D eigenvalue weighted by Crippen LogP contribution is -2.32. The van der Waals surface area contributed by atoms with Crippen LogP contribution in [-0.4, -0.2) is 39.6 Å². The number of rotatable bonds is 7. The first kappa shape index (κ1) is 20.7. The van der Waals surface area contributed by atoms with Crippen molar-refractivity contribution in [3.8, 4) is 11.5 Å².